The van der Waals surface area contributed by atoms with Gasteiger partial charge >= 0.3 is 11.9 Å². The van der Waals surface area contributed by atoms with E-state index in [1.165, 1.54) is 24.7 Å². The maximum absolute atomic E-state index is 11.9. The van der Waals surface area contributed by atoms with E-state index < -0.39 is 11.9 Å². The molecule has 0 atom stereocenters. The fourth-order valence-corrected chi connectivity index (χ4v) is 2.36. The lowest BCUT2D eigenvalue weighted by molar-refractivity contribution is -0.138. The minimum absolute atomic E-state index is 0.00860. The van der Waals surface area contributed by atoms with Crippen molar-refractivity contribution in [1.29, 1.82) is 0 Å². The van der Waals surface area contributed by atoms with E-state index in [9.17, 15) is 14.7 Å². The van der Waals surface area contributed by atoms with E-state index in [1.807, 2.05) is 6.92 Å². The molecule has 0 aliphatic carbocycles. The summed E-state index contributed by atoms with van der Waals surface area (Å²) in [5.74, 6) is -1.23. The number of aliphatic imine (C=N–C) groups is 1. The van der Waals surface area contributed by atoms with Crippen LogP contribution in [0.3, 0.4) is 0 Å². The highest BCUT2D eigenvalue weighted by molar-refractivity contribution is 7.12. The van der Waals surface area contributed by atoms with Gasteiger partial charge in [-0.3, -0.25) is 4.99 Å². The van der Waals surface area contributed by atoms with Gasteiger partial charge in [-0.25, -0.2) is 9.59 Å². The summed E-state index contributed by atoms with van der Waals surface area (Å²) in [6.45, 7) is 3.75. The van der Waals surface area contributed by atoms with Gasteiger partial charge in [0.05, 0.1) is 19.4 Å². The molecule has 0 aliphatic rings. The van der Waals surface area contributed by atoms with Gasteiger partial charge in [0.1, 0.15) is 16.2 Å². The third kappa shape index (κ3) is 4.70. The fourth-order valence-electron chi connectivity index (χ4n) is 1.61. The van der Waals surface area contributed by atoms with Crippen molar-refractivity contribution in [3.05, 3.63) is 27.7 Å². The van der Waals surface area contributed by atoms with Crippen LogP contribution in [-0.4, -0.2) is 37.0 Å². The second kappa shape index (κ2) is 8.99. The molecular weight excluding hydrogens is 306 g/mol. The summed E-state index contributed by atoms with van der Waals surface area (Å²) in [6, 6.07) is 1.63. The van der Waals surface area contributed by atoms with Crippen molar-refractivity contribution in [3.63, 3.8) is 0 Å². The molecule has 7 heteroatoms. The smallest absolute Gasteiger partial charge is 0.350 e. The minimum Gasteiger partial charge on any atom is -0.511 e. The van der Waals surface area contributed by atoms with Crippen LogP contribution in [0.4, 0.5) is 5.69 Å². The first-order chi connectivity index (χ1) is 10.5. The number of carbonyl (C=O) groups is 2. The molecule has 1 aromatic rings. The Balaban J connectivity index is 3.09. The van der Waals surface area contributed by atoms with Gasteiger partial charge in [0.25, 0.3) is 0 Å². The van der Waals surface area contributed by atoms with Crippen LogP contribution in [0.2, 0.25) is 0 Å². The Morgan fingerprint density at radius 2 is 2.14 bits per heavy atom. The molecule has 0 bridgehead atoms. The Morgan fingerprint density at radius 3 is 2.73 bits per heavy atom. The van der Waals surface area contributed by atoms with Crippen molar-refractivity contribution >= 4 is 35.2 Å². The summed E-state index contributed by atoms with van der Waals surface area (Å²) in [6.07, 6.45) is 2.24. The second-order valence-corrected chi connectivity index (χ2v) is 5.13. The molecule has 22 heavy (non-hydrogen) atoms. The normalized spacial score (nSPS) is 12.1. The van der Waals surface area contributed by atoms with E-state index in [1.54, 1.807) is 18.4 Å². The van der Waals surface area contributed by atoms with Gasteiger partial charge in [0.2, 0.25) is 0 Å². The monoisotopic (exact) mass is 325 g/mol. The molecule has 1 rings (SSSR count). The van der Waals surface area contributed by atoms with Gasteiger partial charge in [-0.2, -0.15) is 0 Å². The molecule has 0 fully saturated rings. The number of hydrogen-bond acceptors (Lipinski definition) is 7. The zero-order chi connectivity index (χ0) is 16.5. The standard InChI is InChI=1S/C15H19NO5S/c1-4-6-12(17)10(14(18)21-5-2)9-16-11-7-8-22-13(11)15(19)20-3/h7-9,17H,4-6H2,1-3H3/b12-10-,16-9?. The van der Waals surface area contributed by atoms with E-state index in [0.29, 0.717) is 23.4 Å². The molecule has 120 valence electrons. The first-order valence-corrected chi connectivity index (χ1v) is 7.72. The minimum atomic E-state index is -0.646. The third-order valence-corrected chi connectivity index (χ3v) is 3.52. The number of methoxy groups -OCH3 is 1. The number of thiophene rings is 1. The van der Waals surface area contributed by atoms with Gasteiger partial charge in [-0.1, -0.05) is 6.92 Å². The van der Waals surface area contributed by atoms with Crippen LogP contribution < -0.4 is 0 Å². The molecule has 0 aromatic carbocycles. The molecule has 1 N–H and O–H groups in total. The molecule has 0 spiro atoms. The molecule has 0 unspecified atom stereocenters. The maximum atomic E-state index is 11.9. The van der Waals surface area contributed by atoms with Gasteiger partial charge in [0, 0.05) is 12.6 Å². The first kappa shape index (κ1) is 17.9. The van der Waals surface area contributed by atoms with Crippen LogP contribution >= 0.6 is 11.3 Å². The quantitative estimate of drug-likeness (QED) is 0.359. The van der Waals surface area contributed by atoms with Gasteiger partial charge in [0.15, 0.2) is 0 Å². The van der Waals surface area contributed by atoms with Crippen LogP contribution in [0.25, 0.3) is 0 Å². The highest BCUT2D eigenvalue weighted by atomic mass is 32.1. The van der Waals surface area contributed by atoms with Crippen LogP contribution in [0, 0.1) is 0 Å². The third-order valence-electron chi connectivity index (χ3n) is 2.64. The molecular formula is C15H19NO5S. The number of rotatable bonds is 7. The van der Waals surface area contributed by atoms with E-state index in [-0.39, 0.29) is 17.9 Å². The molecule has 0 radical (unpaired) electrons. The summed E-state index contributed by atoms with van der Waals surface area (Å²) in [7, 11) is 1.28. The van der Waals surface area contributed by atoms with E-state index in [4.69, 9.17) is 4.74 Å². The van der Waals surface area contributed by atoms with Crippen molar-refractivity contribution in [2.75, 3.05) is 13.7 Å². The summed E-state index contributed by atoms with van der Waals surface area (Å²) >= 11 is 1.19. The van der Waals surface area contributed by atoms with Crippen molar-refractivity contribution in [1.82, 2.24) is 0 Å². The Hall–Kier alpha value is -2.15. The van der Waals surface area contributed by atoms with Crippen LogP contribution in [0.15, 0.2) is 27.8 Å². The predicted octanol–water partition coefficient (Wildman–Crippen LogP) is 3.41. The number of hydrogen-bond donors (Lipinski definition) is 1. The number of aliphatic hydroxyl groups is 1. The van der Waals surface area contributed by atoms with Gasteiger partial charge < -0.3 is 14.6 Å². The Morgan fingerprint density at radius 1 is 1.41 bits per heavy atom. The number of aliphatic hydroxyl groups excluding tert-OH is 1. The van der Waals surface area contributed by atoms with Gasteiger partial charge in [-0.15, -0.1) is 11.3 Å². The highest BCUT2D eigenvalue weighted by Gasteiger charge is 2.16. The van der Waals surface area contributed by atoms with Crippen molar-refractivity contribution < 1.29 is 24.2 Å². The van der Waals surface area contributed by atoms with Crippen molar-refractivity contribution in [3.8, 4) is 0 Å². The Kier molecular flexibility index (Phi) is 7.31. The highest BCUT2D eigenvalue weighted by Crippen LogP contribution is 2.26. The first-order valence-electron chi connectivity index (χ1n) is 6.84. The lowest BCUT2D eigenvalue weighted by atomic mass is 10.1. The van der Waals surface area contributed by atoms with E-state index in [2.05, 4.69) is 9.73 Å². The maximum Gasteiger partial charge on any atom is 0.350 e. The van der Waals surface area contributed by atoms with Crippen LogP contribution in [0.5, 0.6) is 0 Å². The summed E-state index contributed by atoms with van der Waals surface area (Å²) in [5.41, 5.74) is 0.369. The molecule has 1 aromatic heterocycles. The molecule has 6 nitrogen and oxygen atoms in total. The molecule has 0 aliphatic heterocycles. The average molecular weight is 325 g/mol. The number of esters is 2. The Bertz CT molecular complexity index is 589. The zero-order valence-corrected chi connectivity index (χ0v) is 13.6. The van der Waals surface area contributed by atoms with Crippen molar-refractivity contribution in [2.45, 2.75) is 26.7 Å². The topological polar surface area (TPSA) is 85.2 Å². The average Bonchev–Trinajstić information content (AvgIpc) is 2.95. The Labute approximate surface area is 133 Å². The number of ether oxygens (including phenoxy) is 2. The number of nitrogens with zero attached hydrogens (tertiary/aromatic N) is 1. The zero-order valence-electron chi connectivity index (χ0n) is 12.8. The fraction of sp³-hybridized carbons (Fsp3) is 0.400. The van der Waals surface area contributed by atoms with E-state index >= 15 is 0 Å². The second-order valence-electron chi connectivity index (χ2n) is 4.22. The van der Waals surface area contributed by atoms with Crippen LogP contribution in [0.1, 0.15) is 36.4 Å². The predicted molar refractivity (Wildman–Crippen MR) is 85.0 cm³/mol. The summed E-state index contributed by atoms with van der Waals surface area (Å²) in [4.78, 5) is 27.9. The van der Waals surface area contributed by atoms with Gasteiger partial charge in [-0.05, 0) is 24.8 Å². The van der Waals surface area contributed by atoms with E-state index in [0.717, 1.165) is 0 Å². The lowest BCUT2D eigenvalue weighted by Gasteiger charge is -2.05. The SMILES string of the molecule is CCC/C(O)=C(\C=Nc1ccsc1C(=O)OC)C(=O)OCC. The lowest BCUT2D eigenvalue weighted by Crippen LogP contribution is -2.11. The molecule has 0 saturated heterocycles. The molecule has 0 saturated carbocycles. The number of allylic oxidation sites excluding steroid dienone is 1. The molecule has 1 heterocycles. The summed E-state index contributed by atoms with van der Waals surface area (Å²) in [5, 5.41) is 11.7. The molecule has 0 amide bonds. The summed E-state index contributed by atoms with van der Waals surface area (Å²) < 4.78 is 9.56. The number of carbonyl (C=O) groups excluding carboxylic acids is 2. The van der Waals surface area contributed by atoms with Crippen molar-refractivity contribution in [2.24, 2.45) is 4.99 Å². The van der Waals surface area contributed by atoms with Crippen LogP contribution in [-0.2, 0) is 14.3 Å². The largest absolute Gasteiger partial charge is 0.511 e.